The third kappa shape index (κ3) is 10.1. The largest absolute Gasteiger partial charge is 0.369 e. The van der Waals surface area contributed by atoms with Crippen LogP contribution in [0.4, 0.5) is 5.69 Å². The van der Waals surface area contributed by atoms with E-state index in [0.29, 0.717) is 13.0 Å². The molecule has 1 aromatic rings. The first-order chi connectivity index (χ1) is 10.8. The van der Waals surface area contributed by atoms with Gasteiger partial charge < -0.3 is 16.0 Å². The molecule has 1 amide bonds. The van der Waals surface area contributed by atoms with Crippen molar-refractivity contribution in [3.63, 3.8) is 0 Å². The number of nitrogens with zero attached hydrogens (tertiary/aromatic N) is 2. The van der Waals surface area contributed by atoms with Gasteiger partial charge in [0.25, 0.3) is 0 Å². The number of halogens is 3. The first-order valence-electron chi connectivity index (χ1n) is 8.28. The van der Waals surface area contributed by atoms with Gasteiger partial charge in [-0.05, 0) is 38.1 Å². The third-order valence-corrected chi connectivity index (χ3v) is 4.07. The highest BCUT2D eigenvalue weighted by Crippen LogP contribution is 2.15. The fraction of sp³-hybridized carbons (Fsp3) is 0.588. The lowest BCUT2D eigenvalue weighted by Gasteiger charge is -2.36. The molecule has 0 spiro atoms. The van der Waals surface area contributed by atoms with Gasteiger partial charge in [0.2, 0.25) is 5.91 Å². The average Bonchev–Trinajstić information content (AvgIpc) is 2.58. The summed E-state index contributed by atoms with van der Waals surface area (Å²) in [6, 6.07) is 10.6. The van der Waals surface area contributed by atoms with Crippen molar-refractivity contribution < 1.29 is 4.79 Å². The van der Waals surface area contributed by atoms with Gasteiger partial charge in [-0.2, -0.15) is 0 Å². The van der Waals surface area contributed by atoms with Crippen molar-refractivity contribution in [2.45, 2.75) is 19.3 Å². The van der Waals surface area contributed by atoms with Crippen LogP contribution in [0.1, 0.15) is 19.3 Å². The molecule has 1 aliphatic rings. The highest BCUT2D eigenvalue weighted by Gasteiger charge is 2.16. The molecule has 1 aromatic carbocycles. The summed E-state index contributed by atoms with van der Waals surface area (Å²) in [5, 5.41) is 2.96. The second-order valence-corrected chi connectivity index (χ2v) is 5.76. The van der Waals surface area contributed by atoms with Gasteiger partial charge in [0, 0.05) is 44.8 Å². The summed E-state index contributed by atoms with van der Waals surface area (Å²) in [5.41, 5.74) is 6.71. The second-order valence-electron chi connectivity index (χ2n) is 5.76. The number of rotatable bonds is 8. The summed E-state index contributed by atoms with van der Waals surface area (Å²) in [6.45, 7) is 6.74. The predicted molar refractivity (Wildman–Crippen MR) is 113 cm³/mol. The van der Waals surface area contributed by atoms with Crippen molar-refractivity contribution in [2.24, 2.45) is 5.73 Å². The van der Waals surface area contributed by atoms with Crippen LogP contribution in [0.5, 0.6) is 0 Å². The zero-order valence-electron chi connectivity index (χ0n) is 14.6. The normalized spacial score (nSPS) is 13.9. The zero-order chi connectivity index (χ0) is 15.6. The monoisotopic (exact) mass is 412 g/mol. The molecule has 25 heavy (non-hydrogen) atoms. The molecule has 0 aliphatic carbocycles. The standard InChI is InChI=1S/C17H28N4O.3ClH/c18-9-4-8-17(22)19-10-5-11-20-12-14-21(15-13-20)16-6-2-1-3-7-16;;;/h1-3,6-7H,4-5,8-15,18H2,(H,19,22);3*1H. The van der Waals surface area contributed by atoms with E-state index in [-0.39, 0.29) is 43.1 Å². The van der Waals surface area contributed by atoms with E-state index in [2.05, 4.69) is 45.4 Å². The Kier molecular flexibility index (Phi) is 16.5. The SMILES string of the molecule is Cl.Cl.Cl.NCCCC(=O)NCCCN1CCN(c2ccccc2)CC1. The lowest BCUT2D eigenvalue weighted by atomic mass is 10.2. The van der Waals surface area contributed by atoms with Crippen LogP contribution in [0, 0.1) is 0 Å². The van der Waals surface area contributed by atoms with Gasteiger partial charge in [-0.1, -0.05) is 18.2 Å². The Morgan fingerprint density at radius 1 is 1.00 bits per heavy atom. The Hall–Kier alpha value is -0.720. The molecule has 0 saturated carbocycles. The Morgan fingerprint density at radius 2 is 1.64 bits per heavy atom. The molecular weight excluding hydrogens is 383 g/mol. The van der Waals surface area contributed by atoms with Crippen LogP contribution in [0.2, 0.25) is 0 Å². The number of carbonyl (C=O) groups is 1. The first kappa shape index (κ1) is 26.5. The number of amides is 1. The Labute approximate surface area is 169 Å². The lowest BCUT2D eigenvalue weighted by molar-refractivity contribution is -0.121. The molecule has 5 nitrogen and oxygen atoms in total. The number of piperazine rings is 1. The van der Waals surface area contributed by atoms with Crippen molar-refractivity contribution in [2.75, 3.05) is 50.7 Å². The van der Waals surface area contributed by atoms with Crippen molar-refractivity contribution in [3.05, 3.63) is 30.3 Å². The van der Waals surface area contributed by atoms with Gasteiger partial charge in [-0.3, -0.25) is 9.69 Å². The number of carbonyl (C=O) groups excluding carboxylic acids is 1. The summed E-state index contributed by atoms with van der Waals surface area (Å²) in [7, 11) is 0. The first-order valence-corrected chi connectivity index (χ1v) is 8.28. The number of hydrogen-bond donors (Lipinski definition) is 2. The van der Waals surface area contributed by atoms with Crippen LogP contribution >= 0.6 is 37.2 Å². The van der Waals surface area contributed by atoms with Crippen molar-refractivity contribution >= 4 is 48.8 Å². The molecule has 3 N–H and O–H groups in total. The van der Waals surface area contributed by atoms with E-state index in [1.54, 1.807) is 0 Å². The van der Waals surface area contributed by atoms with Gasteiger partial charge in [0.05, 0.1) is 0 Å². The van der Waals surface area contributed by atoms with Crippen molar-refractivity contribution in [1.29, 1.82) is 0 Å². The molecule has 0 atom stereocenters. The second kappa shape index (κ2) is 15.5. The Bertz CT molecular complexity index is 443. The molecule has 0 unspecified atom stereocenters. The molecule has 1 aliphatic heterocycles. The van der Waals surface area contributed by atoms with E-state index in [0.717, 1.165) is 52.1 Å². The molecule has 1 heterocycles. The lowest BCUT2D eigenvalue weighted by Crippen LogP contribution is -2.47. The average molecular weight is 414 g/mol. The van der Waals surface area contributed by atoms with E-state index >= 15 is 0 Å². The molecule has 0 radical (unpaired) electrons. The smallest absolute Gasteiger partial charge is 0.220 e. The summed E-state index contributed by atoms with van der Waals surface area (Å²) >= 11 is 0. The fourth-order valence-corrected chi connectivity index (χ4v) is 2.75. The van der Waals surface area contributed by atoms with E-state index in [4.69, 9.17) is 5.73 Å². The highest BCUT2D eigenvalue weighted by molar-refractivity contribution is 5.86. The van der Waals surface area contributed by atoms with E-state index in [1.807, 2.05) is 0 Å². The topological polar surface area (TPSA) is 61.6 Å². The maximum atomic E-state index is 11.5. The van der Waals surface area contributed by atoms with Crippen LogP contribution in [-0.4, -0.2) is 56.6 Å². The Morgan fingerprint density at radius 3 is 2.24 bits per heavy atom. The van der Waals surface area contributed by atoms with E-state index in [9.17, 15) is 4.79 Å². The van der Waals surface area contributed by atoms with E-state index in [1.165, 1.54) is 5.69 Å². The van der Waals surface area contributed by atoms with Gasteiger partial charge in [0.1, 0.15) is 0 Å². The van der Waals surface area contributed by atoms with E-state index < -0.39 is 0 Å². The number of nitrogens with one attached hydrogen (secondary N) is 1. The number of nitrogens with two attached hydrogens (primary N) is 1. The van der Waals surface area contributed by atoms with Crippen LogP contribution in [0.15, 0.2) is 30.3 Å². The molecule has 1 saturated heterocycles. The minimum atomic E-state index is 0. The summed E-state index contributed by atoms with van der Waals surface area (Å²) in [4.78, 5) is 16.4. The van der Waals surface area contributed by atoms with Crippen molar-refractivity contribution in [3.8, 4) is 0 Å². The van der Waals surface area contributed by atoms with Crippen molar-refractivity contribution in [1.82, 2.24) is 10.2 Å². The minimum Gasteiger partial charge on any atom is -0.369 e. The Balaban J connectivity index is 0. The van der Waals surface area contributed by atoms with Crippen LogP contribution < -0.4 is 16.0 Å². The van der Waals surface area contributed by atoms with Gasteiger partial charge >= 0.3 is 0 Å². The quantitative estimate of drug-likeness (QED) is 0.642. The molecule has 8 heteroatoms. The molecule has 146 valence electrons. The van der Waals surface area contributed by atoms with Crippen LogP contribution in [0.25, 0.3) is 0 Å². The number of benzene rings is 1. The summed E-state index contributed by atoms with van der Waals surface area (Å²) < 4.78 is 0. The maximum Gasteiger partial charge on any atom is 0.220 e. The molecule has 0 bridgehead atoms. The van der Waals surface area contributed by atoms with Gasteiger partial charge in [-0.25, -0.2) is 0 Å². The zero-order valence-corrected chi connectivity index (χ0v) is 17.0. The van der Waals surface area contributed by atoms with Gasteiger partial charge in [-0.15, -0.1) is 37.2 Å². The maximum absolute atomic E-state index is 11.5. The predicted octanol–water partition coefficient (Wildman–Crippen LogP) is 2.32. The minimum absolute atomic E-state index is 0. The molecular formula is C17H31Cl3N4O. The summed E-state index contributed by atoms with van der Waals surface area (Å²) in [6.07, 6.45) is 2.33. The molecule has 2 rings (SSSR count). The van der Waals surface area contributed by atoms with Crippen LogP contribution in [0.3, 0.4) is 0 Å². The summed E-state index contributed by atoms with van der Waals surface area (Å²) in [5.74, 6) is 0.124. The number of anilines is 1. The number of hydrogen-bond acceptors (Lipinski definition) is 4. The molecule has 1 fully saturated rings. The molecule has 0 aromatic heterocycles. The number of para-hydroxylation sites is 1. The van der Waals surface area contributed by atoms with Gasteiger partial charge in [0.15, 0.2) is 0 Å². The fourth-order valence-electron chi connectivity index (χ4n) is 2.75. The third-order valence-electron chi connectivity index (χ3n) is 4.07. The highest BCUT2D eigenvalue weighted by atomic mass is 35.5. The van der Waals surface area contributed by atoms with Crippen LogP contribution in [-0.2, 0) is 4.79 Å².